The van der Waals surface area contributed by atoms with Crippen LogP contribution in [0.1, 0.15) is 23.0 Å². The van der Waals surface area contributed by atoms with E-state index in [9.17, 15) is 4.79 Å². The number of aromatic nitrogens is 1. The molecular formula is C21H19N3O3. The Morgan fingerprint density at radius 3 is 2.52 bits per heavy atom. The van der Waals surface area contributed by atoms with E-state index in [2.05, 4.69) is 22.5 Å². The summed E-state index contributed by atoms with van der Waals surface area (Å²) in [5.41, 5.74) is 3.90. The second-order valence-corrected chi connectivity index (χ2v) is 6.13. The number of pyridine rings is 1. The lowest BCUT2D eigenvalue weighted by molar-refractivity contribution is 0.102. The molecule has 4 rings (SSSR count). The van der Waals surface area contributed by atoms with Crippen molar-refractivity contribution in [2.24, 2.45) is 0 Å². The zero-order valence-electron chi connectivity index (χ0n) is 14.9. The van der Waals surface area contributed by atoms with Crippen molar-refractivity contribution in [1.82, 2.24) is 4.98 Å². The maximum absolute atomic E-state index is 12.5. The van der Waals surface area contributed by atoms with E-state index in [0.717, 1.165) is 29.2 Å². The van der Waals surface area contributed by atoms with E-state index in [4.69, 9.17) is 9.47 Å². The summed E-state index contributed by atoms with van der Waals surface area (Å²) in [5.74, 6) is 1.17. The minimum absolute atomic E-state index is 0.234. The van der Waals surface area contributed by atoms with Crippen LogP contribution in [0.3, 0.4) is 0 Å². The van der Waals surface area contributed by atoms with Crippen LogP contribution >= 0.6 is 0 Å². The van der Waals surface area contributed by atoms with Crippen LogP contribution in [0, 0.1) is 0 Å². The summed E-state index contributed by atoms with van der Waals surface area (Å²) < 4.78 is 10.7. The minimum atomic E-state index is -0.256. The molecule has 1 aromatic heterocycles. The molecule has 0 saturated heterocycles. The summed E-state index contributed by atoms with van der Waals surface area (Å²) in [5, 5.41) is 6.12. The molecule has 3 aromatic rings. The van der Waals surface area contributed by atoms with E-state index in [-0.39, 0.29) is 12.7 Å². The third-order valence-corrected chi connectivity index (χ3v) is 4.27. The third kappa shape index (κ3) is 3.84. The van der Waals surface area contributed by atoms with Gasteiger partial charge in [-0.2, -0.15) is 0 Å². The third-order valence-electron chi connectivity index (χ3n) is 4.27. The average Bonchev–Trinajstić information content (AvgIpc) is 3.16. The fraction of sp³-hybridized carbons (Fsp3) is 0.143. The van der Waals surface area contributed by atoms with Gasteiger partial charge in [0.25, 0.3) is 5.91 Å². The molecule has 0 bridgehead atoms. The van der Waals surface area contributed by atoms with Gasteiger partial charge in [0, 0.05) is 29.3 Å². The first kappa shape index (κ1) is 16.9. The van der Waals surface area contributed by atoms with Crippen molar-refractivity contribution in [3.8, 4) is 11.5 Å². The zero-order valence-corrected chi connectivity index (χ0v) is 14.9. The molecule has 0 radical (unpaired) electrons. The highest BCUT2D eigenvalue weighted by Crippen LogP contribution is 2.35. The fourth-order valence-corrected chi connectivity index (χ4v) is 2.79. The molecule has 136 valence electrons. The Morgan fingerprint density at radius 2 is 1.70 bits per heavy atom. The summed E-state index contributed by atoms with van der Waals surface area (Å²) >= 11 is 0. The van der Waals surface area contributed by atoms with Gasteiger partial charge in [-0.25, -0.2) is 0 Å². The Morgan fingerprint density at radius 1 is 0.963 bits per heavy atom. The smallest absolute Gasteiger partial charge is 0.274 e. The van der Waals surface area contributed by atoms with Gasteiger partial charge < -0.3 is 20.1 Å². The summed E-state index contributed by atoms with van der Waals surface area (Å²) in [6, 6.07) is 16.9. The number of fused-ring (bicyclic) bond motifs is 1. The molecule has 6 heteroatoms. The molecule has 1 aliphatic heterocycles. The van der Waals surface area contributed by atoms with Gasteiger partial charge in [0.2, 0.25) is 6.79 Å². The Kier molecular flexibility index (Phi) is 4.61. The quantitative estimate of drug-likeness (QED) is 0.706. The highest BCUT2D eigenvalue weighted by Gasteiger charge is 2.14. The second kappa shape index (κ2) is 7.37. The highest BCUT2D eigenvalue weighted by molar-refractivity contribution is 6.03. The first-order valence-electron chi connectivity index (χ1n) is 8.74. The summed E-state index contributed by atoms with van der Waals surface area (Å²) in [7, 11) is 0. The van der Waals surface area contributed by atoms with Crippen LogP contribution in [0.15, 0.2) is 60.8 Å². The summed E-state index contributed by atoms with van der Waals surface area (Å²) in [6.07, 6.45) is 2.56. The fourth-order valence-electron chi connectivity index (χ4n) is 2.79. The molecular weight excluding hydrogens is 342 g/mol. The van der Waals surface area contributed by atoms with Crippen LogP contribution in [0.2, 0.25) is 0 Å². The van der Waals surface area contributed by atoms with Crippen LogP contribution < -0.4 is 20.1 Å². The largest absolute Gasteiger partial charge is 0.454 e. The van der Waals surface area contributed by atoms with Gasteiger partial charge in [0.05, 0.1) is 0 Å². The molecule has 1 amide bonds. The first-order valence-corrected chi connectivity index (χ1v) is 8.74. The average molecular weight is 361 g/mol. The number of ether oxygens (including phenoxy) is 2. The summed E-state index contributed by atoms with van der Waals surface area (Å²) in [6.45, 7) is 2.33. The second-order valence-electron chi connectivity index (χ2n) is 6.13. The molecule has 2 heterocycles. The molecule has 0 unspecified atom stereocenters. The topological polar surface area (TPSA) is 72.5 Å². The molecule has 6 nitrogen and oxygen atoms in total. The van der Waals surface area contributed by atoms with Crippen molar-refractivity contribution in [1.29, 1.82) is 0 Å². The normalized spacial score (nSPS) is 11.9. The number of rotatable bonds is 5. The van der Waals surface area contributed by atoms with Gasteiger partial charge in [-0.3, -0.25) is 9.78 Å². The maximum atomic E-state index is 12.5. The Hall–Kier alpha value is -3.54. The van der Waals surface area contributed by atoms with Crippen LogP contribution in [0.25, 0.3) is 0 Å². The van der Waals surface area contributed by atoms with Gasteiger partial charge in [0.15, 0.2) is 11.5 Å². The number of amides is 1. The van der Waals surface area contributed by atoms with Crippen molar-refractivity contribution < 1.29 is 14.3 Å². The van der Waals surface area contributed by atoms with Crippen LogP contribution in [-0.4, -0.2) is 17.7 Å². The molecule has 0 fully saturated rings. The molecule has 0 aliphatic carbocycles. The Balaban J connectivity index is 1.47. The van der Waals surface area contributed by atoms with Gasteiger partial charge in [0.1, 0.15) is 5.69 Å². The molecule has 0 saturated carbocycles. The van der Waals surface area contributed by atoms with Crippen molar-refractivity contribution >= 4 is 23.0 Å². The van der Waals surface area contributed by atoms with E-state index in [1.54, 1.807) is 18.3 Å². The van der Waals surface area contributed by atoms with E-state index in [1.165, 1.54) is 5.56 Å². The minimum Gasteiger partial charge on any atom is -0.454 e. The number of nitrogens with one attached hydrogen (secondary N) is 2. The lowest BCUT2D eigenvalue weighted by Crippen LogP contribution is -2.13. The van der Waals surface area contributed by atoms with Crippen molar-refractivity contribution in [3.05, 3.63) is 72.1 Å². The van der Waals surface area contributed by atoms with Crippen molar-refractivity contribution in [2.75, 3.05) is 17.4 Å². The van der Waals surface area contributed by atoms with E-state index >= 15 is 0 Å². The zero-order chi connectivity index (χ0) is 18.6. The highest BCUT2D eigenvalue weighted by atomic mass is 16.7. The van der Waals surface area contributed by atoms with Gasteiger partial charge in [-0.1, -0.05) is 19.1 Å². The van der Waals surface area contributed by atoms with Gasteiger partial charge in [-0.15, -0.1) is 0 Å². The van der Waals surface area contributed by atoms with E-state index in [1.807, 2.05) is 42.5 Å². The number of carbonyl (C=O) groups excluding carboxylic acids is 1. The maximum Gasteiger partial charge on any atom is 0.274 e. The number of hydrogen-bond acceptors (Lipinski definition) is 5. The van der Waals surface area contributed by atoms with Crippen molar-refractivity contribution in [3.63, 3.8) is 0 Å². The number of anilines is 3. The Bertz CT molecular complexity index is 971. The summed E-state index contributed by atoms with van der Waals surface area (Å²) in [4.78, 5) is 16.7. The van der Waals surface area contributed by atoms with E-state index in [0.29, 0.717) is 11.4 Å². The van der Waals surface area contributed by atoms with E-state index < -0.39 is 0 Å². The van der Waals surface area contributed by atoms with Crippen LogP contribution in [-0.2, 0) is 6.42 Å². The van der Waals surface area contributed by atoms with Crippen LogP contribution in [0.5, 0.6) is 11.5 Å². The number of benzene rings is 2. The van der Waals surface area contributed by atoms with Crippen molar-refractivity contribution in [2.45, 2.75) is 13.3 Å². The monoisotopic (exact) mass is 361 g/mol. The molecule has 0 spiro atoms. The van der Waals surface area contributed by atoms with Crippen LogP contribution in [0.4, 0.5) is 17.1 Å². The SMILES string of the molecule is CCc1ccc(NC(=O)c2cc(Nc3ccc4c(c3)OCO4)ccn2)cc1. The molecule has 0 atom stereocenters. The van der Waals surface area contributed by atoms with Gasteiger partial charge >= 0.3 is 0 Å². The van der Waals surface area contributed by atoms with Gasteiger partial charge in [-0.05, 0) is 48.4 Å². The molecule has 27 heavy (non-hydrogen) atoms. The lowest BCUT2D eigenvalue weighted by atomic mass is 10.1. The number of hydrogen-bond donors (Lipinski definition) is 2. The molecule has 2 N–H and O–H groups in total. The molecule has 2 aromatic carbocycles. The molecule has 1 aliphatic rings. The Labute approximate surface area is 157 Å². The number of carbonyl (C=O) groups is 1. The number of nitrogens with zero attached hydrogens (tertiary/aromatic N) is 1. The standard InChI is InChI=1S/C21H19N3O3/c1-2-14-3-5-15(6-4-14)24-21(25)18-11-17(9-10-22-18)23-16-7-8-19-20(12-16)27-13-26-19/h3-12H,2,13H2,1H3,(H,22,23)(H,24,25). The lowest BCUT2D eigenvalue weighted by Gasteiger charge is -2.09. The predicted molar refractivity (Wildman–Crippen MR) is 104 cm³/mol. The first-order chi connectivity index (χ1) is 13.2. The predicted octanol–water partition coefficient (Wildman–Crippen LogP) is 4.37. The number of aryl methyl sites for hydroxylation is 1.